The number of rotatable bonds is 3. The fourth-order valence-corrected chi connectivity index (χ4v) is 4.68. The highest BCUT2D eigenvalue weighted by Crippen LogP contribution is 2.32. The first-order valence-corrected chi connectivity index (χ1v) is 9.79. The van der Waals surface area contributed by atoms with Crippen molar-refractivity contribution in [2.45, 2.75) is 45.6 Å². The monoisotopic (exact) mass is 367 g/mol. The van der Waals surface area contributed by atoms with E-state index in [1.165, 1.54) is 28.6 Å². The Hall–Kier alpha value is -2.47. The summed E-state index contributed by atoms with van der Waals surface area (Å²) in [4.78, 5) is 31.8. The van der Waals surface area contributed by atoms with E-state index in [1.54, 1.807) is 11.3 Å². The van der Waals surface area contributed by atoms with Gasteiger partial charge in [0.2, 0.25) is 5.91 Å². The highest BCUT2D eigenvalue weighted by molar-refractivity contribution is 7.18. The fourth-order valence-electron chi connectivity index (χ4n) is 3.46. The number of amides is 1. The number of carbonyl (C=O) groups is 1. The zero-order valence-electron chi connectivity index (χ0n) is 14.7. The number of benzene rings is 1. The summed E-state index contributed by atoms with van der Waals surface area (Å²) in [5.41, 5.74) is 2.92. The molecule has 0 fully saturated rings. The van der Waals surface area contributed by atoms with Crippen LogP contribution in [0.2, 0.25) is 0 Å². The van der Waals surface area contributed by atoms with Gasteiger partial charge in [0, 0.05) is 10.6 Å². The molecule has 1 amide bonds. The van der Waals surface area contributed by atoms with E-state index in [2.05, 4.69) is 10.3 Å². The molecule has 2 aromatic heterocycles. The maximum Gasteiger partial charge on any atom is 0.262 e. The summed E-state index contributed by atoms with van der Waals surface area (Å²) < 4.78 is 1.42. The Labute approximate surface area is 155 Å². The van der Waals surface area contributed by atoms with Gasteiger partial charge in [-0.2, -0.15) is 0 Å². The van der Waals surface area contributed by atoms with Crippen LogP contribution in [0, 0.1) is 6.92 Å². The Morgan fingerprint density at radius 2 is 1.96 bits per heavy atom. The molecular weight excluding hydrogens is 346 g/mol. The van der Waals surface area contributed by atoms with Gasteiger partial charge in [0.15, 0.2) is 0 Å². The first kappa shape index (κ1) is 17.0. The van der Waals surface area contributed by atoms with Gasteiger partial charge in [-0.25, -0.2) is 4.98 Å². The predicted molar refractivity (Wildman–Crippen MR) is 105 cm³/mol. The number of hydrogen-bond acceptors (Lipinski definition) is 4. The highest BCUT2D eigenvalue weighted by atomic mass is 32.1. The second-order valence-corrected chi connectivity index (χ2v) is 7.92. The van der Waals surface area contributed by atoms with Crippen LogP contribution in [0.3, 0.4) is 0 Å². The van der Waals surface area contributed by atoms with Gasteiger partial charge in [-0.15, -0.1) is 11.3 Å². The van der Waals surface area contributed by atoms with Crippen LogP contribution in [-0.2, 0) is 24.2 Å². The van der Waals surface area contributed by atoms with Crippen LogP contribution in [0.5, 0.6) is 0 Å². The standard InChI is InChI=1S/C20H21N3O2S/c1-13-7-9-14(10-8-13)22-17(24)11-23-12-21-19-18(20(23)25)15-5-3-2-4-6-16(15)26-19/h7-10,12H,2-6,11H2,1H3,(H,22,24). The van der Waals surface area contributed by atoms with E-state index < -0.39 is 0 Å². The van der Waals surface area contributed by atoms with Crippen molar-refractivity contribution >= 4 is 33.1 Å². The van der Waals surface area contributed by atoms with E-state index in [0.29, 0.717) is 0 Å². The number of aryl methyl sites for hydroxylation is 3. The third-order valence-corrected chi connectivity index (χ3v) is 6.04. The number of hydrogen-bond donors (Lipinski definition) is 1. The van der Waals surface area contributed by atoms with Crippen LogP contribution in [0.15, 0.2) is 35.4 Å². The molecule has 1 aliphatic rings. The van der Waals surface area contributed by atoms with Crippen LogP contribution < -0.4 is 10.9 Å². The molecule has 4 rings (SSSR count). The lowest BCUT2D eigenvalue weighted by molar-refractivity contribution is -0.116. The van der Waals surface area contributed by atoms with Crippen molar-refractivity contribution in [2.24, 2.45) is 0 Å². The van der Waals surface area contributed by atoms with E-state index in [1.807, 2.05) is 31.2 Å². The van der Waals surface area contributed by atoms with Gasteiger partial charge in [0.1, 0.15) is 11.4 Å². The van der Waals surface area contributed by atoms with Crippen molar-refractivity contribution in [2.75, 3.05) is 5.32 Å². The van der Waals surface area contributed by atoms with Crippen molar-refractivity contribution in [3.8, 4) is 0 Å². The molecule has 5 nitrogen and oxygen atoms in total. The van der Waals surface area contributed by atoms with Gasteiger partial charge < -0.3 is 5.32 Å². The van der Waals surface area contributed by atoms with Gasteiger partial charge in [0.05, 0.1) is 11.7 Å². The summed E-state index contributed by atoms with van der Waals surface area (Å²) in [6, 6.07) is 7.60. The zero-order chi connectivity index (χ0) is 18.1. The molecule has 0 aliphatic heterocycles. The Bertz CT molecular complexity index is 1020. The summed E-state index contributed by atoms with van der Waals surface area (Å²) in [7, 11) is 0. The molecule has 1 aliphatic carbocycles. The summed E-state index contributed by atoms with van der Waals surface area (Å²) >= 11 is 1.63. The number of anilines is 1. The second-order valence-electron chi connectivity index (χ2n) is 6.84. The Balaban J connectivity index is 1.61. The minimum atomic E-state index is -0.224. The van der Waals surface area contributed by atoms with Crippen molar-refractivity contribution in [1.29, 1.82) is 0 Å². The molecule has 1 N–H and O–H groups in total. The predicted octanol–water partition coefficient (Wildman–Crippen LogP) is 3.67. The number of nitrogens with one attached hydrogen (secondary N) is 1. The van der Waals surface area contributed by atoms with Gasteiger partial charge in [0.25, 0.3) is 5.56 Å². The number of fused-ring (bicyclic) bond motifs is 3. The summed E-state index contributed by atoms with van der Waals surface area (Å²) in [6.07, 6.45) is 6.95. The Morgan fingerprint density at radius 3 is 2.77 bits per heavy atom. The molecule has 0 bridgehead atoms. The molecule has 0 saturated carbocycles. The van der Waals surface area contributed by atoms with E-state index in [0.717, 1.165) is 46.3 Å². The maximum absolute atomic E-state index is 13.0. The Morgan fingerprint density at radius 1 is 1.19 bits per heavy atom. The molecule has 26 heavy (non-hydrogen) atoms. The third-order valence-electron chi connectivity index (χ3n) is 4.84. The average molecular weight is 367 g/mol. The molecule has 0 unspecified atom stereocenters. The molecule has 0 spiro atoms. The topological polar surface area (TPSA) is 64.0 Å². The number of thiophene rings is 1. The molecule has 2 heterocycles. The normalized spacial score (nSPS) is 14.0. The first-order chi connectivity index (χ1) is 12.6. The highest BCUT2D eigenvalue weighted by Gasteiger charge is 2.19. The van der Waals surface area contributed by atoms with Gasteiger partial charge in [-0.05, 0) is 50.3 Å². The average Bonchev–Trinajstić information content (AvgIpc) is 2.82. The molecule has 0 saturated heterocycles. The van der Waals surface area contributed by atoms with Crippen molar-refractivity contribution in [3.05, 3.63) is 57.0 Å². The van der Waals surface area contributed by atoms with Crippen molar-refractivity contribution in [3.63, 3.8) is 0 Å². The summed E-state index contributed by atoms with van der Waals surface area (Å²) in [5, 5.41) is 3.56. The number of nitrogens with zero attached hydrogens (tertiary/aromatic N) is 2. The van der Waals surface area contributed by atoms with Crippen LogP contribution >= 0.6 is 11.3 Å². The van der Waals surface area contributed by atoms with Crippen molar-refractivity contribution in [1.82, 2.24) is 9.55 Å². The molecule has 1 aromatic carbocycles. The van der Waals surface area contributed by atoms with Crippen LogP contribution in [0.1, 0.15) is 35.3 Å². The lowest BCUT2D eigenvalue weighted by atomic mass is 10.1. The minimum Gasteiger partial charge on any atom is -0.325 e. The first-order valence-electron chi connectivity index (χ1n) is 8.98. The molecular formula is C20H21N3O2S. The van der Waals surface area contributed by atoms with Crippen LogP contribution in [-0.4, -0.2) is 15.5 Å². The Kier molecular flexibility index (Phi) is 4.59. The molecule has 0 radical (unpaired) electrons. The van der Waals surface area contributed by atoms with Gasteiger partial charge in [-0.3, -0.25) is 14.2 Å². The van der Waals surface area contributed by atoms with Crippen LogP contribution in [0.4, 0.5) is 5.69 Å². The van der Waals surface area contributed by atoms with E-state index in [4.69, 9.17) is 0 Å². The van der Waals surface area contributed by atoms with Gasteiger partial charge in [-0.1, -0.05) is 24.1 Å². The number of carbonyl (C=O) groups excluding carboxylic acids is 1. The minimum absolute atomic E-state index is 0.0275. The van der Waals surface area contributed by atoms with E-state index >= 15 is 0 Å². The van der Waals surface area contributed by atoms with Gasteiger partial charge >= 0.3 is 0 Å². The lowest BCUT2D eigenvalue weighted by Crippen LogP contribution is -2.28. The largest absolute Gasteiger partial charge is 0.325 e. The molecule has 6 heteroatoms. The smallest absolute Gasteiger partial charge is 0.262 e. The molecule has 0 atom stereocenters. The number of aromatic nitrogens is 2. The SMILES string of the molecule is Cc1ccc(NC(=O)Cn2cnc3sc4c(c3c2=O)CCCCC4)cc1. The summed E-state index contributed by atoms with van der Waals surface area (Å²) in [5.74, 6) is -0.224. The molecule has 134 valence electrons. The van der Waals surface area contributed by atoms with Crippen LogP contribution in [0.25, 0.3) is 10.2 Å². The fraction of sp³-hybridized carbons (Fsp3) is 0.350. The molecule has 3 aromatic rings. The quantitative estimate of drug-likeness (QED) is 0.718. The zero-order valence-corrected chi connectivity index (χ0v) is 15.6. The summed E-state index contributed by atoms with van der Waals surface area (Å²) in [6.45, 7) is 1.97. The maximum atomic E-state index is 13.0. The second kappa shape index (κ2) is 7.03. The third kappa shape index (κ3) is 3.29. The van der Waals surface area contributed by atoms with E-state index in [-0.39, 0.29) is 18.0 Å². The van der Waals surface area contributed by atoms with Crippen molar-refractivity contribution < 1.29 is 4.79 Å². The lowest BCUT2D eigenvalue weighted by Gasteiger charge is -2.08. The van der Waals surface area contributed by atoms with E-state index in [9.17, 15) is 9.59 Å².